The first-order valence-electron chi connectivity index (χ1n) is 6.85. The number of aromatic nitrogens is 1. The molecule has 1 N–H and O–H groups in total. The van der Waals surface area contributed by atoms with E-state index in [4.69, 9.17) is 11.6 Å². The standard InChI is InChI=1S/C16H12ClFN2O2S2/c1-10-2-7-13(8-14(10)17)24(21,22)20-16-19-15(9-23-16)11-3-5-12(18)6-4-11/h2-9H,1H3,(H,19,20). The van der Waals surface area contributed by atoms with Crippen molar-refractivity contribution < 1.29 is 12.8 Å². The normalized spacial score (nSPS) is 11.5. The molecule has 4 nitrogen and oxygen atoms in total. The largest absolute Gasteiger partial charge is 0.263 e. The van der Waals surface area contributed by atoms with Gasteiger partial charge in [0, 0.05) is 16.0 Å². The number of rotatable bonds is 4. The van der Waals surface area contributed by atoms with Crippen LogP contribution in [0.2, 0.25) is 5.02 Å². The minimum absolute atomic E-state index is 0.0663. The molecule has 0 aliphatic rings. The molecule has 0 spiro atoms. The lowest BCUT2D eigenvalue weighted by molar-refractivity contribution is 0.601. The number of hydrogen-bond acceptors (Lipinski definition) is 4. The Labute approximate surface area is 148 Å². The highest BCUT2D eigenvalue weighted by Gasteiger charge is 2.17. The molecule has 0 saturated heterocycles. The Morgan fingerprint density at radius 3 is 2.54 bits per heavy atom. The maximum atomic E-state index is 13.0. The topological polar surface area (TPSA) is 59.1 Å². The van der Waals surface area contributed by atoms with Gasteiger partial charge in [-0.2, -0.15) is 0 Å². The number of nitrogens with zero attached hydrogens (tertiary/aromatic N) is 1. The molecule has 0 unspecified atom stereocenters. The lowest BCUT2D eigenvalue weighted by Gasteiger charge is -2.06. The molecule has 0 fully saturated rings. The molecule has 0 radical (unpaired) electrons. The zero-order valence-corrected chi connectivity index (χ0v) is 14.8. The molecule has 3 aromatic rings. The van der Waals surface area contributed by atoms with E-state index in [0.29, 0.717) is 16.3 Å². The van der Waals surface area contributed by atoms with E-state index in [9.17, 15) is 12.8 Å². The lowest BCUT2D eigenvalue weighted by atomic mass is 10.2. The highest BCUT2D eigenvalue weighted by atomic mass is 35.5. The fourth-order valence-corrected chi connectivity index (χ4v) is 4.23. The molecule has 124 valence electrons. The van der Waals surface area contributed by atoms with Gasteiger partial charge in [-0.05, 0) is 48.9 Å². The molecule has 0 aliphatic carbocycles. The van der Waals surface area contributed by atoms with Crippen molar-refractivity contribution in [1.82, 2.24) is 4.98 Å². The van der Waals surface area contributed by atoms with E-state index in [1.165, 1.54) is 24.3 Å². The monoisotopic (exact) mass is 382 g/mol. The maximum absolute atomic E-state index is 13.0. The number of benzene rings is 2. The summed E-state index contributed by atoms with van der Waals surface area (Å²) in [5.74, 6) is -0.342. The van der Waals surface area contributed by atoms with E-state index in [-0.39, 0.29) is 15.8 Å². The summed E-state index contributed by atoms with van der Waals surface area (Å²) in [6.07, 6.45) is 0. The van der Waals surface area contributed by atoms with Crippen LogP contribution in [0, 0.1) is 12.7 Å². The molecule has 1 aromatic heterocycles. The maximum Gasteiger partial charge on any atom is 0.263 e. The second-order valence-electron chi connectivity index (χ2n) is 5.06. The quantitative estimate of drug-likeness (QED) is 0.710. The smallest absolute Gasteiger partial charge is 0.255 e. The third kappa shape index (κ3) is 3.58. The van der Waals surface area contributed by atoms with Gasteiger partial charge in [0.05, 0.1) is 10.6 Å². The Morgan fingerprint density at radius 2 is 1.88 bits per heavy atom. The second-order valence-corrected chi connectivity index (χ2v) is 8.01. The summed E-state index contributed by atoms with van der Waals surface area (Å²) in [5.41, 5.74) is 2.07. The Hall–Kier alpha value is -1.96. The number of aryl methyl sites for hydroxylation is 1. The first kappa shape index (κ1) is 16.9. The van der Waals surface area contributed by atoms with Crippen LogP contribution in [0.5, 0.6) is 0 Å². The van der Waals surface area contributed by atoms with Crippen LogP contribution in [0.25, 0.3) is 11.3 Å². The fourth-order valence-electron chi connectivity index (χ4n) is 1.99. The van der Waals surface area contributed by atoms with E-state index in [2.05, 4.69) is 9.71 Å². The van der Waals surface area contributed by atoms with Crippen LogP contribution in [0.3, 0.4) is 0 Å². The Morgan fingerprint density at radius 1 is 1.17 bits per heavy atom. The predicted octanol–water partition coefficient (Wildman–Crippen LogP) is 4.71. The fraction of sp³-hybridized carbons (Fsp3) is 0.0625. The average molecular weight is 383 g/mol. The van der Waals surface area contributed by atoms with Crippen molar-refractivity contribution in [2.45, 2.75) is 11.8 Å². The van der Waals surface area contributed by atoms with Crippen molar-refractivity contribution in [1.29, 1.82) is 0 Å². The van der Waals surface area contributed by atoms with Crippen molar-refractivity contribution in [3.63, 3.8) is 0 Å². The van der Waals surface area contributed by atoms with Crippen LogP contribution in [0.15, 0.2) is 52.7 Å². The van der Waals surface area contributed by atoms with Crippen molar-refractivity contribution in [3.05, 3.63) is 64.2 Å². The first-order valence-corrected chi connectivity index (χ1v) is 9.60. The van der Waals surface area contributed by atoms with Crippen LogP contribution < -0.4 is 4.72 Å². The van der Waals surface area contributed by atoms with Crippen LogP contribution in [0.4, 0.5) is 9.52 Å². The lowest BCUT2D eigenvalue weighted by Crippen LogP contribution is -2.12. The van der Waals surface area contributed by atoms with E-state index in [1.54, 1.807) is 30.5 Å². The number of nitrogens with one attached hydrogen (secondary N) is 1. The minimum Gasteiger partial charge on any atom is -0.255 e. The van der Waals surface area contributed by atoms with Gasteiger partial charge in [-0.3, -0.25) is 4.72 Å². The number of anilines is 1. The summed E-state index contributed by atoms with van der Waals surface area (Å²) >= 11 is 7.13. The average Bonchev–Trinajstić information content (AvgIpc) is 2.98. The molecule has 0 amide bonds. The van der Waals surface area contributed by atoms with Gasteiger partial charge >= 0.3 is 0 Å². The van der Waals surface area contributed by atoms with Gasteiger partial charge < -0.3 is 0 Å². The molecular weight excluding hydrogens is 371 g/mol. The van der Waals surface area contributed by atoms with Gasteiger partial charge in [0.1, 0.15) is 5.82 Å². The number of hydrogen-bond donors (Lipinski definition) is 1. The van der Waals surface area contributed by atoms with Crippen LogP contribution in [-0.4, -0.2) is 13.4 Å². The van der Waals surface area contributed by atoms with Crippen molar-refractivity contribution in [2.24, 2.45) is 0 Å². The van der Waals surface area contributed by atoms with Crippen molar-refractivity contribution >= 4 is 38.1 Å². The van der Waals surface area contributed by atoms with Gasteiger partial charge in [-0.25, -0.2) is 17.8 Å². The Bertz CT molecular complexity index is 986. The molecule has 24 heavy (non-hydrogen) atoms. The summed E-state index contributed by atoms with van der Waals surface area (Å²) in [7, 11) is -3.77. The van der Waals surface area contributed by atoms with E-state index in [0.717, 1.165) is 16.9 Å². The summed E-state index contributed by atoms with van der Waals surface area (Å²) in [5, 5.41) is 2.31. The summed E-state index contributed by atoms with van der Waals surface area (Å²) < 4.78 is 40.2. The van der Waals surface area contributed by atoms with E-state index >= 15 is 0 Å². The molecule has 0 saturated carbocycles. The minimum atomic E-state index is -3.77. The Kier molecular flexibility index (Phi) is 4.58. The molecule has 2 aromatic carbocycles. The number of thiazole rings is 1. The zero-order chi connectivity index (χ0) is 17.3. The van der Waals surface area contributed by atoms with Crippen LogP contribution in [0.1, 0.15) is 5.56 Å². The first-order chi connectivity index (χ1) is 11.3. The van der Waals surface area contributed by atoms with E-state index in [1.807, 2.05) is 0 Å². The molecule has 8 heteroatoms. The second kappa shape index (κ2) is 6.51. The molecule has 3 rings (SSSR count). The van der Waals surface area contributed by atoms with Gasteiger partial charge in [0.15, 0.2) is 5.13 Å². The highest BCUT2D eigenvalue weighted by Crippen LogP contribution is 2.27. The molecule has 0 aliphatic heterocycles. The molecular formula is C16H12ClFN2O2S2. The highest BCUT2D eigenvalue weighted by molar-refractivity contribution is 7.93. The van der Waals surface area contributed by atoms with Gasteiger partial charge in [-0.15, -0.1) is 11.3 Å². The van der Waals surface area contributed by atoms with Gasteiger partial charge in [-0.1, -0.05) is 17.7 Å². The van der Waals surface area contributed by atoms with Crippen molar-refractivity contribution in [3.8, 4) is 11.3 Å². The number of halogens is 2. The summed E-state index contributed by atoms with van der Waals surface area (Å²) in [6.45, 7) is 1.79. The van der Waals surface area contributed by atoms with Crippen molar-refractivity contribution in [2.75, 3.05) is 4.72 Å². The van der Waals surface area contributed by atoms with Crippen LogP contribution >= 0.6 is 22.9 Å². The third-order valence-corrected chi connectivity index (χ3v) is 5.95. The summed E-state index contributed by atoms with van der Waals surface area (Å²) in [4.78, 5) is 4.30. The SMILES string of the molecule is Cc1ccc(S(=O)(=O)Nc2nc(-c3ccc(F)cc3)cs2)cc1Cl. The molecule has 1 heterocycles. The predicted molar refractivity (Wildman–Crippen MR) is 94.5 cm³/mol. The summed E-state index contributed by atoms with van der Waals surface area (Å²) in [6, 6.07) is 10.3. The molecule has 0 atom stereocenters. The molecule has 0 bridgehead atoms. The van der Waals surface area contributed by atoms with Gasteiger partial charge in [0.25, 0.3) is 10.0 Å². The van der Waals surface area contributed by atoms with Crippen LogP contribution in [-0.2, 0) is 10.0 Å². The van der Waals surface area contributed by atoms with E-state index < -0.39 is 10.0 Å². The Balaban J connectivity index is 1.85. The zero-order valence-electron chi connectivity index (χ0n) is 12.5. The third-order valence-electron chi connectivity index (χ3n) is 3.32. The number of sulfonamides is 1. The van der Waals surface area contributed by atoms with Gasteiger partial charge in [0.2, 0.25) is 0 Å².